The van der Waals surface area contributed by atoms with Crippen molar-refractivity contribution in [1.29, 1.82) is 0 Å². The smallest absolute Gasteiger partial charge is 0.408 e. The van der Waals surface area contributed by atoms with E-state index in [-0.39, 0.29) is 19.6 Å². The number of carbonyl (C=O) groups is 4. The van der Waals surface area contributed by atoms with Crippen LogP contribution in [0.4, 0.5) is 9.59 Å². The van der Waals surface area contributed by atoms with Crippen LogP contribution in [0.3, 0.4) is 0 Å². The number of hydrogen-bond acceptors (Lipinski definition) is 6. The van der Waals surface area contributed by atoms with Crippen LogP contribution in [0.5, 0.6) is 0 Å². The quantitative estimate of drug-likeness (QED) is 0.286. The minimum Gasteiger partial charge on any atom is -0.445 e. The number of nitrogens with zero attached hydrogens (tertiary/aromatic N) is 1. The van der Waals surface area contributed by atoms with Gasteiger partial charge in [0.05, 0.1) is 25.1 Å². The lowest BCUT2D eigenvalue weighted by Crippen LogP contribution is -2.56. The summed E-state index contributed by atoms with van der Waals surface area (Å²) in [6.07, 6.45) is -2.30. The lowest BCUT2D eigenvalue weighted by molar-refractivity contribution is -0.128. The van der Waals surface area contributed by atoms with Crippen LogP contribution in [0.2, 0.25) is 0 Å². The highest BCUT2D eigenvalue weighted by atomic mass is 16.5. The first-order chi connectivity index (χ1) is 17.2. The Morgan fingerprint density at radius 2 is 1.56 bits per heavy atom. The number of alkyl carbamates (subject to hydrolysis) is 1. The summed E-state index contributed by atoms with van der Waals surface area (Å²) in [5, 5.41) is 18.4. The summed E-state index contributed by atoms with van der Waals surface area (Å²) in [6, 6.07) is 15.5. The highest BCUT2D eigenvalue weighted by molar-refractivity contribution is 5.90. The average Bonchev–Trinajstić information content (AvgIpc) is 2.87. The van der Waals surface area contributed by atoms with Gasteiger partial charge in [-0.2, -0.15) is 0 Å². The van der Waals surface area contributed by atoms with E-state index in [1.807, 2.05) is 36.4 Å². The Morgan fingerprint density at radius 3 is 2.11 bits per heavy atom. The van der Waals surface area contributed by atoms with Gasteiger partial charge >= 0.3 is 12.1 Å². The van der Waals surface area contributed by atoms with E-state index in [1.54, 1.807) is 24.3 Å². The molecule has 2 aromatic rings. The van der Waals surface area contributed by atoms with E-state index in [4.69, 9.17) is 10.5 Å². The number of rotatable bonds is 12. The molecule has 0 bridgehead atoms. The van der Waals surface area contributed by atoms with Crippen LogP contribution < -0.4 is 21.7 Å². The summed E-state index contributed by atoms with van der Waals surface area (Å²) < 4.78 is 5.15. The van der Waals surface area contributed by atoms with E-state index in [9.17, 15) is 24.3 Å². The molecule has 0 heterocycles. The largest absolute Gasteiger partial charge is 0.445 e. The maximum atomic E-state index is 13.1. The minimum absolute atomic E-state index is 0.0290. The van der Waals surface area contributed by atoms with Crippen LogP contribution in [0.15, 0.2) is 60.7 Å². The number of nitrogens with one attached hydrogen (secondary N) is 3. The van der Waals surface area contributed by atoms with Crippen LogP contribution in [-0.2, 0) is 27.4 Å². The number of nitrogens with two attached hydrogens (primary N) is 1. The zero-order chi connectivity index (χ0) is 26.5. The van der Waals surface area contributed by atoms with Crippen LogP contribution in [-0.4, -0.2) is 72.8 Å². The molecule has 0 radical (unpaired) electrons. The number of carbonyl (C=O) groups excluding carboxylic acids is 4. The number of aliphatic hydroxyl groups is 1. The van der Waals surface area contributed by atoms with Crippen molar-refractivity contribution in [2.45, 2.75) is 37.6 Å². The predicted octanol–water partition coefficient (Wildman–Crippen LogP) is 0.516. The van der Waals surface area contributed by atoms with Gasteiger partial charge in [0.15, 0.2) is 0 Å². The molecule has 6 N–H and O–H groups in total. The molecule has 0 fully saturated rings. The second-order valence-corrected chi connectivity index (χ2v) is 8.24. The van der Waals surface area contributed by atoms with Gasteiger partial charge in [-0.25, -0.2) is 9.59 Å². The third kappa shape index (κ3) is 9.63. The number of urea groups is 1. The Bertz CT molecular complexity index is 1000. The molecule has 194 valence electrons. The van der Waals surface area contributed by atoms with Crippen molar-refractivity contribution in [3.05, 3.63) is 71.8 Å². The SMILES string of the molecule is CNC(=O)N(C)C[C@@H](O)[C@H](Cc1ccccc1)NC(=O)[C@H](CC(N)=O)NC(=O)OCc1ccccc1. The lowest BCUT2D eigenvalue weighted by Gasteiger charge is -2.29. The molecule has 0 aliphatic rings. The maximum Gasteiger partial charge on any atom is 0.408 e. The van der Waals surface area contributed by atoms with Crippen molar-refractivity contribution < 1.29 is 29.0 Å². The Kier molecular flexibility index (Phi) is 11.2. The molecular formula is C25H33N5O6. The van der Waals surface area contributed by atoms with Crippen molar-refractivity contribution in [2.75, 3.05) is 20.6 Å². The molecule has 2 aromatic carbocycles. The molecule has 0 unspecified atom stereocenters. The number of likely N-dealkylation sites (N-methyl/N-ethyl adjacent to an activating group) is 1. The minimum atomic E-state index is -1.33. The first kappa shape index (κ1) is 28.1. The van der Waals surface area contributed by atoms with E-state index in [2.05, 4.69) is 16.0 Å². The summed E-state index contributed by atoms with van der Waals surface area (Å²) in [4.78, 5) is 50.1. The molecule has 0 aliphatic carbocycles. The van der Waals surface area contributed by atoms with E-state index in [1.165, 1.54) is 19.0 Å². The molecule has 0 saturated heterocycles. The summed E-state index contributed by atoms with van der Waals surface area (Å²) in [7, 11) is 2.97. The van der Waals surface area contributed by atoms with Gasteiger partial charge in [0.2, 0.25) is 11.8 Å². The number of aliphatic hydroxyl groups excluding tert-OH is 1. The van der Waals surface area contributed by atoms with Gasteiger partial charge in [0.1, 0.15) is 12.6 Å². The molecule has 0 aromatic heterocycles. The first-order valence-corrected chi connectivity index (χ1v) is 11.4. The van der Waals surface area contributed by atoms with Crippen molar-refractivity contribution in [3.8, 4) is 0 Å². The fourth-order valence-corrected chi connectivity index (χ4v) is 3.43. The van der Waals surface area contributed by atoms with Crippen LogP contribution >= 0.6 is 0 Å². The molecule has 0 aliphatic heterocycles. The first-order valence-electron chi connectivity index (χ1n) is 11.4. The molecule has 0 spiro atoms. The molecule has 3 atom stereocenters. The van der Waals surface area contributed by atoms with Crippen LogP contribution in [0, 0.1) is 0 Å². The molecule has 5 amide bonds. The third-order valence-electron chi connectivity index (χ3n) is 5.34. The molecule has 36 heavy (non-hydrogen) atoms. The fraction of sp³-hybridized carbons (Fsp3) is 0.360. The second-order valence-electron chi connectivity index (χ2n) is 8.24. The molecule has 2 rings (SSSR count). The predicted molar refractivity (Wildman–Crippen MR) is 133 cm³/mol. The average molecular weight is 500 g/mol. The van der Waals surface area contributed by atoms with Gasteiger partial charge in [-0.15, -0.1) is 0 Å². The van der Waals surface area contributed by atoms with Crippen molar-refractivity contribution in [2.24, 2.45) is 5.73 Å². The Morgan fingerprint density at radius 1 is 0.972 bits per heavy atom. The van der Waals surface area contributed by atoms with Gasteiger partial charge in [0.25, 0.3) is 0 Å². The number of ether oxygens (including phenoxy) is 1. The Hall–Kier alpha value is -4.12. The monoisotopic (exact) mass is 499 g/mol. The zero-order valence-electron chi connectivity index (χ0n) is 20.3. The number of benzene rings is 2. The molecular weight excluding hydrogens is 466 g/mol. The fourth-order valence-electron chi connectivity index (χ4n) is 3.43. The van der Waals surface area contributed by atoms with E-state index in [0.717, 1.165) is 11.1 Å². The van der Waals surface area contributed by atoms with E-state index < -0.39 is 48.5 Å². The van der Waals surface area contributed by atoms with Crippen molar-refractivity contribution in [3.63, 3.8) is 0 Å². The number of amides is 5. The Labute approximate surface area is 210 Å². The van der Waals surface area contributed by atoms with Crippen molar-refractivity contribution >= 4 is 23.9 Å². The summed E-state index contributed by atoms with van der Waals surface area (Å²) in [6.45, 7) is -0.108. The summed E-state index contributed by atoms with van der Waals surface area (Å²) in [5.74, 6) is -1.54. The van der Waals surface area contributed by atoms with Gasteiger partial charge in [-0.05, 0) is 17.5 Å². The summed E-state index contributed by atoms with van der Waals surface area (Å²) >= 11 is 0. The van der Waals surface area contributed by atoms with Gasteiger partial charge in [0, 0.05) is 14.1 Å². The van der Waals surface area contributed by atoms with E-state index in [0.29, 0.717) is 0 Å². The highest BCUT2D eigenvalue weighted by Gasteiger charge is 2.29. The lowest BCUT2D eigenvalue weighted by atomic mass is 10.00. The topological polar surface area (TPSA) is 163 Å². The normalized spacial score (nSPS) is 13.0. The maximum absolute atomic E-state index is 13.1. The standard InChI is InChI=1S/C25H33N5O6/c1-27-24(34)30(2)15-21(31)19(13-17-9-5-3-6-10-17)28-23(33)20(14-22(26)32)29-25(35)36-16-18-11-7-4-8-12-18/h3-12,19-21,31H,13-16H2,1-2H3,(H2,26,32)(H,27,34)(H,28,33)(H,29,35)/t19-,20-,21+/m0/s1. The van der Waals surface area contributed by atoms with Crippen molar-refractivity contribution in [1.82, 2.24) is 20.9 Å². The summed E-state index contributed by atoms with van der Waals surface area (Å²) in [5.41, 5.74) is 6.86. The molecule has 11 heteroatoms. The second kappa shape index (κ2) is 14.3. The zero-order valence-corrected chi connectivity index (χ0v) is 20.3. The Balaban J connectivity index is 2.11. The molecule has 0 saturated carbocycles. The van der Waals surface area contributed by atoms with Crippen LogP contribution in [0.25, 0.3) is 0 Å². The van der Waals surface area contributed by atoms with Gasteiger partial charge < -0.3 is 36.4 Å². The number of primary amides is 1. The van der Waals surface area contributed by atoms with E-state index >= 15 is 0 Å². The number of hydrogen-bond donors (Lipinski definition) is 5. The van der Waals surface area contributed by atoms with Crippen LogP contribution in [0.1, 0.15) is 17.5 Å². The molecule has 11 nitrogen and oxygen atoms in total. The third-order valence-corrected chi connectivity index (χ3v) is 5.34. The highest BCUT2D eigenvalue weighted by Crippen LogP contribution is 2.09. The van der Waals surface area contributed by atoms with Gasteiger partial charge in [-0.1, -0.05) is 60.7 Å². The van der Waals surface area contributed by atoms with Gasteiger partial charge in [-0.3, -0.25) is 9.59 Å².